The number of carbonyl (C=O) groups excluding carboxylic acids is 1. The molecule has 1 aromatic rings. The maximum absolute atomic E-state index is 12.3. The van der Waals surface area contributed by atoms with E-state index in [-0.39, 0.29) is 11.7 Å². The molecule has 0 heterocycles. The van der Waals surface area contributed by atoms with E-state index in [0.29, 0.717) is 18.5 Å². The second-order valence-corrected chi connectivity index (χ2v) is 5.69. The van der Waals surface area contributed by atoms with E-state index in [1.54, 1.807) is 0 Å². The molecule has 2 rings (SSSR count). The van der Waals surface area contributed by atoms with Gasteiger partial charge in [0.2, 0.25) is 5.91 Å². The van der Waals surface area contributed by atoms with Gasteiger partial charge in [0.25, 0.3) is 0 Å². The molecule has 1 fully saturated rings. The Morgan fingerprint density at radius 1 is 1.53 bits per heavy atom. The lowest BCUT2D eigenvalue weighted by Crippen LogP contribution is -2.51. The molecule has 5 nitrogen and oxygen atoms in total. The molecule has 0 unspecified atom stereocenters. The van der Waals surface area contributed by atoms with Gasteiger partial charge in [-0.3, -0.25) is 4.79 Å². The molecule has 1 saturated carbocycles. The van der Waals surface area contributed by atoms with Crippen LogP contribution in [0.3, 0.4) is 0 Å². The van der Waals surface area contributed by atoms with E-state index in [1.165, 1.54) is 0 Å². The average Bonchev–Trinajstić information content (AvgIpc) is 2.32. The molecular formula is C13H16BrN3O2. The van der Waals surface area contributed by atoms with Crippen LogP contribution < -0.4 is 11.1 Å². The molecule has 1 aliphatic carbocycles. The largest absolute Gasteiger partial charge is 0.409 e. The van der Waals surface area contributed by atoms with Crippen LogP contribution in [-0.4, -0.2) is 17.0 Å². The first-order chi connectivity index (χ1) is 8.99. The molecule has 0 spiro atoms. The summed E-state index contributed by atoms with van der Waals surface area (Å²) in [7, 11) is 0. The molecule has 0 radical (unpaired) electrons. The summed E-state index contributed by atoms with van der Waals surface area (Å²) in [6, 6.07) is 5.57. The number of nitrogens with two attached hydrogens (primary N) is 1. The number of anilines is 1. The number of rotatable bonds is 3. The van der Waals surface area contributed by atoms with Crippen molar-refractivity contribution in [2.75, 3.05) is 5.32 Å². The Bertz CT molecular complexity index is 539. The van der Waals surface area contributed by atoms with Gasteiger partial charge in [-0.15, -0.1) is 0 Å². The summed E-state index contributed by atoms with van der Waals surface area (Å²) in [6.07, 6.45) is 2.14. The number of amides is 1. The first kappa shape index (κ1) is 13.9. The van der Waals surface area contributed by atoms with Gasteiger partial charge in [0.1, 0.15) is 5.41 Å². The van der Waals surface area contributed by atoms with Gasteiger partial charge in [-0.05, 0) is 43.5 Å². The molecular weight excluding hydrogens is 310 g/mol. The molecule has 0 saturated heterocycles. The van der Waals surface area contributed by atoms with Crippen molar-refractivity contribution in [2.45, 2.75) is 26.2 Å². The fourth-order valence-corrected chi connectivity index (χ4v) is 2.45. The number of benzene rings is 1. The van der Waals surface area contributed by atoms with E-state index in [0.717, 1.165) is 16.5 Å². The number of halogens is 1. The number of carbonyl (C=O) groups is 1. The predicted molar refractivity (Wildman–Crippen MR) is 77.2 cm³/mol. The van der Waals surface area contributed by atoms with Crippen LogP contribution in [0.25, 0.3) is 0 Å². The highest BCUT2D eigenvalue weighted by atomic mass is 79.9. The molecule has 0 aromatic heterocycles. The zero-order valence-electron chi connectivity index (χ0n) is 10.6. The van der Waals surface area contributed by atoms with E-state index in [9.17, 15) is 4.79 Å². The summed E-state index contributed by atoms with van der Waals surface area (Å²) in [5.41, 5.74) is 6.54. The number of aryl methyl sites for hydroxylation is 1. The number of oxime groups is 1. The fraction of sp³-hybridized carbons (Fsp3) is 0.385. The van der Waals surface area contributed by atoms with Crippen molar-refractivity contribution in [3.05, 3.63) is 28.2 Å². The van der Waals surface area contributed by atoms with Crippen LogP contribution in [0.5, 0.6) is 0 Å². The maximum Gasteiger partial charge on any atom is 0.238 e. The van der Waals surface area contributed by atoms with E-state index in [4.69, 9.17) is 10.9 Å². The molecule has 1 aliphatic rings. The van der Waals surface area contributed by atoms with Crippen LogP contribution in [0, 0.1) is 12.3 Å². The number of hydrogen-bond acceptors (Lipinski definition) is 3. The van der Waals surface area contributed by atoms with Crippen molar-refractivity contribution in [1.82, 2.24) is 0 Å². The third kappa shape index (κ3) is 2.45. The Hall–Kier alpha value is -1.56. The monoisotopic (exact) mass is 325 g/mol. The standard InChI is InChI=1S/C13H16BrN3O2/c1-8-7-9(3-4-10(8)14)16-12(18)13(5-2-6-13)11(15)17-19/h3-4,7,19H,2,5-6H2,1H3,(H2,15,17)(H,16,18). The van der Waals surface area contributed by atoms with Crippen molar-refractivity contribution in [3.63, 3.8) is 0 Å². The van der Waals surface area contributed by atoms with Crippen LogP contribution >= 0.6 is 15.9 Å². The Morgan fingerprint density at radius 3 is 2.68 bits per heavy atom. The Labute approximate surface area is 120 Å². The molecule has 4 N–H and O–H groups in total. The lowest BCUT2D eigenvalue weighted by Gasteiger charge is -2.38. The smallest absolute Gasteiger partial charge is 0.238 e. The van der Waals surface area contributed by atoms with Gasteiger partial charge >= 0.3 is 0 Å². The maximum atomic E-state index is 12.3. The van der Waals surface area contributed by atoms with Crippen LogP contribution in [0.1, 0.15) is 24.8 Å². The highest BCUT2D eigenvalue weighted by Crippen LogP contribution is 2.42. The van der Waals surface area contributed by atoms with Gasteiger partial charge in [-0.25, -0.2) is 0 Å². The van der Waals surface area contributed by atoms with Crippen LogP contribution in [0.15, 0.2) is 27.8 Å². The average molecular weight is 326 g/mol. The van der Waals surface area contributed by atoms with E-state index in [2.05, 4.69) is 26.4 Å². The molecule has 1 aromatic carbocycles. The lowest BCUT2D eigenvalue weighted by molar-refractivity contribution is -0.125. The molecule has 19 heavy (non-hydrogen) atoms. The number of nitrogens with one attached hydrogen (secondary N) is 1. The second-order valence-electron chi connectivity index (χ2n) is 4.84. The number of amidine groups is 1. The minimum atomic E-state index is -0.851. The summed E-state index contributed by atoms with van der Waals surface area (Å²) in [4.78, 5) is 12.3. The van der Waals surface area contributed by atoms with E-state index < -0.39 is 5.41 Å². The minimum absolute atomic E-state index is 0.00918. The second kappa shape index (κ2) is 5.21. The molecule has 1 amide bonds. The lowest BCUT2D eigenvalue weighted by atomic mass is 9.67. The summed E-state index contributed by atoms with van der Waals surface area (Å²) in [6.45, 7) is 1.95. The summed E-state index contributed by atoms with van der Waals surface area (Å²) in [5, 5.41) is 14.6. The van der Waals surface area contributed by atoms with Crippen molar-refractivity contribution in [3.8, 4) is 0 Å². The van der Waals surface area contributed by atoms with Gasteiger partial charge in [0.15, 0.2) is 5.84 Å². The van der Waals surface area contributed by atoms with Crippen molar-refractivity contribution < 1.29 is 10.0 Å². The first-order valence-corrected chi connectivity index (χ1v) is 6.84. The zero-order chi connectivity index (χ0) is 14.0. The van der Waals surface area contributed by atoms with Crippen LogP contribution in [-0.2, 0) is 4.79 Å². The predicted octanol–water partition coefficient (Wildman–Crippen LogP) is 2.61. The minimum Gasteiger partial charge on any atom is -0.409 e. The zero-order valence-corrected chi connectivity index (χ0v) is 12.2. The molecule has 0 aliphatic heterocycles. The quantitative estimate of drug-likeness (QED) is 0.345. The number of hydrogen-bond donors (Lipinski definition) is 3. The third-order valence-electron chi connectivity index (χ3n) is 3.66. The highest BCUT2D eigenvalue weighted by Gasteiger charge is 2.48. The third-order valence-corrected chi connectivity index (χ3v) is 4.55. The SMILES string of the molecule is Cc1cc(NC(=O)C2(/C(N)=N/O)CCC2)ccc1Br. The van der Waals surface area contributed by atoms with Gasteiger partial charge < -0.3 is 16.3 Å². The number of nitrogens with zero attached hydrogens (tertiary/aromatic N) is 1. The topological polar surface area (TPSA) is 87.7 Å². The van der Waals surface area contributed by atoms with Crippen molar-refractivity contribution >= 4 is 33.4 Å². The molecule has 6 heteroatoms. The van der Waals surface area contributed by atoms with Gasteiger partial charge in [-0.2, -0.15) is 0 Å². The van der Waals surface area contributed by atoms with Gasteiger partial charge in [0.05, 0.1) is 0 Å². The molecule has 102 valence electrons. The van der Waals surface area contributed by atoms with Gasteiger partial charge in [-0.1, -0.05) is 27.5 Å². The van der Waals surface area contributed by atoms with Crippen LogP contribution in [0.2, 0.25) is 0 Å². The van der Waals surface area contributed by atoms with Crippen molar-refractivity contribution in [1.29, 1.82) is 0 Å². The summed E-state index contributed by atoms with van der Waals surface area (Å²) >= 11 is 3.41. The summed E-state index contributed by atoms with van der Waals surface area (Å²) in [5.74, 6) is -0.221. The molecule has 0 atom stereocenters. The Kier molecular flexibility index (Phi) is 3.80. The Morgan fingerprint density at radius 2 is 2.21 bits per heavy atom. The molecule has 0 bridgehead atoms. The normalized spacial score (nSPS) is 17.7. The Balaban J connectivity index is 2.18. The fourth-order valence-electron chi connectivity index (χ4n) is 2.20. The van der Waals surface area contributed by atoms with Crippen LogP contribution in [0.4, 0.5) is 5.69 Å². The van der Waals surface area contributed by atoms with E-state index >= 15 is 0 Å². The summed E-state index contributed by atoms with van der Waals surface area (Å²) < 4.78 is 0.986. The van der Waals surface area contributed by atoms with Crippen molar-refractivity contribution in [2.24, 2.45) is 16.3 Å². The first-order valence-electron chi connectivity index (χ1n) is 6.05. The van der Waals surface area contributed by atoms with Gasteiger partial charge in [0, 0.05) is 10.2 Å². The highest BCUT2D eigenvalue weighted by molar-refractivity contribution is 9.10. The van der Waals surface area contributed by atoms with E-state index in [1.807, 2.05) is 25.1 Å².